The average Bonchev–Trinajstić information content (AvgIpc) is 2.36. The minimum absolute atomic E-state index is 0.658. The van der Waals surface area contributed by atoms with Crippen LogP contribution in [-0.2, 0) is 0 Å². The monoisotopic (exact) mass is 218 g/mol. The zero-order valence-electron chi connectivity index (χ0n) is 10.6. The van der Waals surface area contributed by atoms with Gasteiger partial charge in [-0.2, -0.15) is 0 Å². The molecule has 0 saturated carbocycles. The third kappa shape index (κ3) is 2.01. The van der Waals surface area contributed by atoms with Crippen LogP contribution < -0.4 is 10.2 Å². The molecule has 16 heavy (non-hydrogen) atoms. The number of likely N-dealkylation sites (N-methyl/N-ethyl adjacent to an activating group) is 1. The Labute approximate surface area is 98.7 Å². The molecule has 0 bridgehead atoms. The normalized spacial score (nSPS) is 16.6. The Kier molecular flexibility index (Phi) is 3.37. The van der Waals surface area contributed by atoms with E-state index in [-0.39, 0.29) is 0 Å². The average molecular weight is 218 g/mol. The highest BCUT2D eigenvalue weighted by molar-refractivity contribution is 5.73. The van der Waals surface area contributed by atoms with Crippen molar-refractivity contribution in [2.45, 2.75) is 33.1 Å². The summed E-state index contributed by atoms with van der Waals surface area (Å²) in [6.07, 6.45) is 1.21. The van der Waals surface area contributed by atoms with Crippen molar-refractivity contribution in [2.24, 2.45) is 0 Å². The van der Waals surface area contributed by atoms with Crippen molar-refractivity contribution in [1.82, 2.24) is 0 Å². The first-order chi connectivity index (χ1) is 7.76. The number of benzene rings is 1. The van der Waals surface area contributed by atoms with Crippen LogP contribution >= 0.6 is 0 Å². The van der Waals surface area contributed by atoms with Crippen LogP contribution in [0.4, 0.5) is 11.4 Å². The smallest absolute Gasteiger partial charge is 0.0605 e. The molecule has 0 aliphatic carbocycles. The summed E-state index contributed by atoms with van der Waals surface area (Å²) in [5.74, 6) is 0.658. The van der Waals surface area contributed by atoms with Crippen LogP contribution in [0.1, 0.15) is 38.7 Å². The van der Waals surface area contributed by atoms with Crippen molar-refractivity contribution >= 4 is 11.4 Å². The lowest BCUT2D eigenvalue weighted by Crippen LogP contribution is -2.33. The Hall–Kier alpha value is -1.18. The highest BCUT2D eigenvalue weighted by Gasteiger charge is 2.16. The van der Waals surface area contributed by atoms with Crippen LogP contribution in [-0.4, -0.2) is 19.6 Å². The minimum Gasteiger partial charge on any atom is -0.382 e. The van der Waals surface area contributed by atoms with Gasteiger partial charge in [0.05, 0.1) is 11.4 Å². The number of hydrogen-bond acceptors (Lipinski definition) is 2. The van der Waals surface area contributed by atoms with Crippen molar-refractivity contribution in [1.29, 1.82) is 0 Å². The predicted octanol–water partition coefficient (Wildman–Crippen LogP) is 3.45. The summed E-state index contributed by atoms with van der Waals surface area (Å²) in [5.41, 5.74) is 4.13. The molecule has 1 aromatic carbocycles. The molecular formula is C14H22N2. The first-order valence-corrected chi connectivity index (χ1v) is 6.39. The lowest BCUT2D eigenvalue weighted by Gasteiger charge is -2.32. The SMILES string of the molecule is CCC(C)c1ccc2c(c1)N(CC)CCN2. The summed E-state index contributed by atoms with van der Waals surface area (Å²) >= 11 is 0. The highest BCUT2D eigenvalue weighted by Crippen LogP contribution is 2.32. The second-order valence-electron chi connectivity index (χ2n) is 4.59. The number of nitrogens with one attached hydrogen (secondary N) is 1. The van der Waals surface area contributed by atoms with Gasteiger partial charge < -0.3 is 10.2 Å². The molecule has 1 unspecified atom stereocenters. The lowest BCUT2D eigenvalue weighted by molar-refractivity contribution is 0.730. The van der Waals surface area contributed by atoms with Gasteiger partial charge in [0, 0.05) is 19.6 Å². The number of rotatable bonds is 3. The third-order valence-electron chi connectivity index (χ3n) is 3.62. The summed E-state index contributed by atoms with van der Waals surface area (Å²) in [5, 5.41) is 3.47. The maximum Gasteiger partial charge on any atom is 0.0605 e. The van der Waals surface area contributed by atoms with Crippen LogP contribution in [0.5, 0.6) is 0 Å². The molecule has 0 fully saturated rings. The molecule has 1 aliphatic heterocycles. The second-order valence-corrected chi connectivity index (χ2v) is 4.59. The van der Waals surface area contributed by atoms with Gasteiger partial charge >= 0.3 is 0 Å². The number of anilines is 2. The van der Waals surface area contributed by atoms with Crippen LogP contribution in [0.2, 0.25) is 0 Å². The third-order valence-corrected chi connectivity index (χ3v) is 3.62. The Morgan fingerprint density at radius 2 is 2.19 bits per heavy atom. The van der Waals surface area contributed by atoms with Gasteiger partial charge in [-0.15, -0.1) is 0 Å². The molecule has 1 heterocycles. The highest BCUT2D eigenvalue weighted by atomic mass is 15.2. The minimum atomic E-state index is 0.658. The van der Waals surface area contributed by atoms with Crippen molar-refractivity contribution in [3.63, 3.8) is 0 Å². The van der Waals surface area contributed by atoms with E-state index < -0.39 is 0 Å². The topological polar surface area (TPSA) is 15.3 Å². The Morgan fingerprint density at radius 1 is 1.38 bits per heavy atom. The molecule has 2 rings (SSSR count). The molecule has 0 amide bonds. The summed E-state index contributed by atoms with van der Waals surface area (Å²) < 4.78 is 0. The summed E-state index contributed by atoms with van der Waals surface area (Å²) in [7, 11) is 0. The molecule has 1 aromatic rings. The second kappa shape index (κ2) is 4.77. The van der Waals surface area contributed by atoms with E-state index >= 15 is 0 Å². The Balaban J connectivity index is 2.34. The molecule has 0 spiro atoms. The van der Waals surface area contributed by atoms with Crippen LogP contribution in [0, 0.1) is 0 Å². The quantitative estimate of drug-likeness (QED) is 0.836. The van der Waals surface area contributed by atoms with Crippen LogP contribution in [0.3, 0.4) is 0 Å². The number of fused-ring (bicyclic) bond motifs is 1. The van der Waals surface area contributed by atoms with Gasteiger partial charge in [-0.05, 0) is 37.0 Å². The molecule has 1 N–H and O–H groups in total. The van der Waals surface area contributed by atoms with E-state index in [2.05, 4.69) is 49.2 Å². The van der Waals surface area contributed by atoms with E-state index in [1.54, 1.807) is 0 Å². The molecule has 2 heteroatoms. The fraction of sp³-hybridized carbons (Fsp3) is 0.571. The lowest BCUT2D eigenvalue weighted by atomic mass is 9.97. The Morgan fingerprint density at radius 3 is 2.88 bits per heavy atom. The van der Waals surface area contributed by atoms with Crippen molar-refractivity contribution in [2.75, 3.05) is 29.9 Å². The summed E-state index contributed by atoms with van der Waals surface area (Å²) in [4.78, 5) is 2.46. The van der Waals surface area contributed by atoms with E-state index in [1.807, 2.05) is 0 Å². The molecule has 88 valence electrons. The van der Waals surface area contributed by atoms with Gasteiger partial charge in [0.25, 0.3) is 0 Å². The molecule has 2 nitrogen and oxygen atoms in total. The zero-order chi connectivity index (χ0) is 11.5. The molecule has 0 saturated heterocycles. The van der Waals surface area contributed by atoms with Crippen molar-refractivity contribution in [3.8, 4) is 0 Å². The van der Waals surface area contributed by atoms with Crippen LogP contribution in [0.15, 0.2) is 18.2 Å². The fourth-order valence-electron chi connectivity index (χ4n) is 2.28. The van der Waals surface area contributed by atoms with Crippen LogP contribution in [0.25, 0.3) is 0 Å². The standard InChI is InChI=1S/C14H22N2/c1-4-11(3)12-6-7-13-14(10-12)16(5-2)9-8-15-13/h6-7,10-11,15H,4-5,8-9H2,1-3H3. The maximum atomic E-state index is 3.47. The van der Waals surface area contributed by atoms with Gasteiger partial charge in [0.2, 0.25) is 0 Å². The first kappa shape index (κ1) is 11.3. The van der Waals surface area contributed by atoms with E-state index in [4.69, 9.17) is 0 Å². The Bertz CT molecular complexity index is 360. The van der Waals surface area contributed by atoms with Gasteiger partial charge in [-0.25, -0.2) is 0 Å². The molecule has 0 aromatic heterocycles. The number of hydrogen-bond donors (Lipinski definition) is 1. The van der Waals surface area contributed by atoms with Gasteiger partial charge in [0.15, 0.2) is 0 Å². The molecular weight excluding hydrogens is 196 g/mol. The van der Waals surface area contributed by atoms with Gasteiger partial charge in [-0.1, -0.05) is 19.9 Å². The number of nitrogens with zero attached hydrogens (tertiary/aromatic N) is 1. The predicted molar refractivity (Wildman–Crippen MR) is 71.5 cm³/mol. The van der Waals surface area contributed by atoms with E-state index in [0.717, 1.165) is 19.6 Å². The summed E-state index contributed by atoms with van der Waals surface area (Å²) in [6.45, 7) is 10.1. The molecule has 1 aliphatic rings. The first-order valence-electron chi connectivity index (χ1n) is 6.39. The van der Waals surface area contributed by atoms with Crippen molar-refractivity contribution in [3.05, 3.63) is 23.8 Å². The van der Waals surface area contributed by atoms with Crippen molar-refractivity contribution < 1.29 is 0 Å². The van der Waals surface area contributed by atoms with Gasteiger partial charge in [0.1, 0.15) is 0 Å². The van der Waals surface area contributed by atoms with E-state index in [0.29, 0.717) is 5.92 Å². The zero-order valence-corrected chi connectivity index (χ0v) is 10.6. The summed E-state index contributed by atoms with van der Waals surface area (Å²) in [6, 6.07) is 6.86. The largest absolute Gasteiger partial charge is 0.382 e. The molecule has 0 radical (unpaired) electrons. The van der Waals surface area contributed by atoms with Gasteiger partial charge in [-0.3, -0.25) is 0 Å². The van der Waals surface area contributed by atoms with E-state index in [1.165, 1.54) is 23.4 Å². The van der Waals surface area contributed by atoms with E-state index in [9.17, 15) is 0 Å². The fourth-order valence-corrected chi connectivity index (χ4v) is 2.28. The molecule has 1 atom stereocenters. The maximum absolute atomic E-state index is 3.47.